The number of methoxy groups -OCH3 is 1. The average Bonchev–Trinajstić information content (AvgIpc) is 3.28. The number of carbonyl (C=O) groups excluding carboxylic acids is 1. The molecule has 2 fully saturated rings. The summed E-state index contributed by atoms with van der Waals surface area (Å²) in [5.74, 6) is 2.14. The quantitative estimate of drug-likeness (QED) is 0.264. The highest BCUT2D eigenvalue weighted by Gasteiger charge is 2.21. The molecule has 0 spiro atoms. The van der Waals surface area contributed by atoms with Crippen molar-refractivity contribution in [2.24, 2.45) is 4.99 Å². The maximum atomic E-state index is 12.2. The van der Waals surface area contributed by atoms with Crippen LogP contribution in [0.1, 0.15) is 63.4 Å². The molecule has 1 aromatic carbocycles. The summed E-state index contributed by atoms with van der Waals surface area (Å²) in [6, 6.07) is 6.24. The summed E-state index contributed by atoms with van der Waals surface area (Å²) in [5, 5.41) is 9.51. The first kappa shape index (κ1) is 25.5. The summed E-state index contributed by atoms with van der Waals surface area (Å²) in [6.45, 7) is 0.739. The molecule has 31 heavy (non-hydrogen) atoms. The van der Waals surface area contributed by atoms with E-state index in [1.165, 1.54) is 32.1 Å². The maximum Gasteiger partial charge on any atom is 0.239 e. The fraction of sp³-hybridized carbons (Fsp3) is 0.652. The number of guanidine groups is 1. The van der Waals surface area contributed by atoms with Gasteiger partial charge in [0.15, 0.2) is 17.5 Å². The number of benzene rings is 1. The highest BCUT2D eigenvalue weighted by Crippen LogP contribution is 2.34. The molecule has 0 heterocycles. The van der Waals surface area contributed by atoms with Crippen molar-refractivity contribution in [1.82, 2.24) is 16.0 Å². The molecule has 0 aliphatic heterocycles. The van der Waals surface area contributed by atoms with Gasteiger partial charge in [0.2, 0.25) is 5.91 Å². The van der Waals surface area contributed by atoms with Crippen molar-refractivity contribution in [3.8, 4) is 11.5 Å². The van der Waals surface area contributed by atoms with Crippen LogP contribution in [0.4, 0.5) is 0 Å². The zero-order valence-corrected chi connectivity index (χ0v) is 21.1. The van der Waals surface area contributed by atoms with Crippen molar-refractivity contribution in [2.45, 2.75) is 76.5 Å². The third kappa shape index (κ3) is 8.05. The van der Waals surface area contributed by atoms with Gasteiger partial charge in [0.25, 0.3) is 0 Å². The number of ether oxygens (including phenoxy) is 2. The van der Waals surface area contributed by atoms with Gasteiger partial charge in [-0.05, 0) is 44.6 Å². The highest BCUT2D eigenvalue weighted by atomic mass is 127. The Balaban J connectivity index is 0.00000341. The molecular weight excluding hydrogens is 507 g/mol. The van der Waals surface area contributed by atoms with E-state index >= 15 is 0 Å². The predicted molar refractivity (Wildman–Crippen MR) is 135 cm³/mol. The van der Waals surface area contributed by atoms with Crippen LogP contribution in [-0.4, -0.2) is 44.7 Å². The van der Waals surface area contributed by atoms with E-state index in [1.54, 1.807) is 14.2 Å². The molecule has 0 unspecified atom stereocenters. The van der Waals surface area contributed by atoms with Gasteiger partial charge in [-0.25, -0.2) is 0 Å². The Morgan fingerprint density at radius 1 is 1.06 bits per heavy atom. The molecule has 0 aromatic heterocycles. The summed E-state index contributed by atoms with van der Waals surface area (Å²) in [5.41, 5.74) is 1.01. The first-order valence-corrected chi connectivity index (χ1v) is 11.3. The largest absolute Gasteiger partial charge is 0.493 e. The third-order valence-corrected chi connectivity index (χ3v) is 5.92. The lowest BCUT2D eigenvalue weighted by Crippen LogP contribution is -2.45. The zero-order valence-electron chi connectivity index (χ0n) is 18.7. The molecule has 3 N–H and O–H groups in total. The van der Waals surface area contributed by atoms with Crippen molar-refractivity contribution >= 4 is 35.8 Å². The molecule has 0 atom stereocenters. The van der Waals surface area contributed by atoms with Crippen LogP contribution in [-0.2, 0) is 11.3 Å². The lowest BCUT2D eigenvalue weighted by atomic mass is 9.95. The van der Waals surface area contributed by atoms with E-state index in [2.05, 4.69) is 20.9 Å². The average molecular weight is 544 g/mol. The van der Waals surface area contributed by atoms with Crippen molar-refractivity contribution in [3.63, 3.8) is 0 Å². The third-order valence-electron chi connectivity index (χ3n) is 5.92. The molecule has 7 nitrogen and oxygen atoms in total. The van der Waals surface area contributed by atoms with E-state index in [0.717, 1.165) is 42.7 Å². The van der Waals surface area contributed by atoms with Crippen LogP contribution in [0.25, 0.3) is 0 Å². The molecule has 0 radical (unpaired) electrons. The number of hydrogen-bond donors (Lipinski definition) is 3. The van der Waals surface area contributed by atoms with E-state index < -0.39 is 0 Å². The zero-order chi connectivity index (χ0) is 21.2. The second-order valence-corrected chi connectivity index (χ2v) is 8.15. The van der Waals surface area contributed by atoms with Gasteiger partial charge in [-0.15, -0.1) is 24.0 Å². The SMILES string of the molecule is CN=C(NCC(=O)NC1CCCCC1)NCc1cccc(OC)c1OC1CCCC1.I. The number of amides is 1. The summed E-state index contributed by atoms with van der Waals surface area (Å²) >= 11 is 0. The van der Waals surface area contributed by atoms with E-state index in [4.69, 9.17) is 9.47 Å². The predicted octanol–water partition coefficient (Wildman–Crippen LogP) is 3.75. The number of halogens is 1. The van der Waals surface area contributed by atoms with Crippen molar-refractivity contribution in [3.05, 3.63) is 23.8 Å². The highest BCUT2D eigenvalue weighted by molar-refractivity contribution is 14.0. The number of nitrogens with one attached hydrogen (secondary N) is 3. The van der Waals surface area contributed by atoms with Crippen LogP contribution in [0.3, 0.4) is 0 Å². The molecular formula is C23H37IN4O3. The van der Waals surface area contributed by atoms with Gasteiger partial charge in [-0.1, -0.05) is 31.4 Å². The monoisotopic (exact) mass is 544 g/mol. The van der Waals surface area contributed by atoms with Crippen LogP contribution < -0.4 is 25.4 Å². The second kappa shape index (κ2) is 13.6. The summed E-state index contributed by atoms with van der Waals surface area (Å²) in [6.07, 6.45) is 10.7. The first-order chi connectivity index (χ1) is 14.7. The minimum atomic E-state index is 0. The van der Waals surface area contributed by atoms with Gasteiger partial charge in [0.1, 0.15) is 0 Å². The summed E-state index contributed by atoms with van der Waals surface area (Å²) in [4.78, 5) is 16.5. The van der Waals surface area contributed by atoms with Crippen LogP contribution in [0, 0.1) is 0 Å². The smallest absolute Gasteiger partial charge is 0.239 e. The van der Waals surface area contributed by atoms with Crippen LogP contribution in [0.15, 0.2) is 23.2 Å². The van der Waals surface area contributed by atoms with E-state index in [-0.39, 0.29) is 42.5 Å². The number of nitrogens with zero attached hydrogens (tertiary/aromatic N) is 1. The minimum absolute atomic E-state index is 0. The number of para-hydroxylation sites is 1. The van der Waals surface area contributed by atoms with Crippen LogP contribution >= 0.6 is 24.0 Å². The lowest BCUT2D eigenvalue weighted by Gasteiger charge is -2.23. The van der Waals surface area contributed by atoms with E-state index in [0.29, 0.717) is 18.5 Å². The van der Waals surface area contributed by atoms with Gasteiger partial charge in [-0.3, -0.25) is 9.79 Å². The Morgan fingerprint density at radius 2 is 1.77 bits per heavy atom. The normalized spacial score (nSPS) is 17.5. The number of hydrogen-bond acceptors (Lipinski definition) is 4. The molecule has 1 amide bonds. The van der Waals surface area contributed by atoms with Crippen LogP contribution in [0.2, 0.25) is 0 Å². The fourth-order valence-corrected chi connectivity index (χ4v) is 4.26. The van der Waals surface area contributed by atoms with Crippen LogP contribution in [0.5, 0.6) is 11.5 Å². The Bertz CT molecular complexity index is 717. The van der Waals surface area contributed by atoms with Crippen molar-refractivity contribution in [2.75, 3.05) is 20.7 Å². The first-order valence-electron chi connectivity index (χ1n) is 11.3. The molecule has 0 bridgehead atoms. The molecule has 3 rings (SSSR count). The Labute approximate surface area is 203 Å². The molecule has 1 aromatic rings. The molecule has 0 saturated heterocycles. The summed E-state index contributed by atoms with van der Waals surface area (Å²) in [7, 11) is 3.37. The standard InChI is InChI=1S/C23H36N4O3.HI/c1-24-23(26-16-21(28)27-18-10-4-3-5-11-18)25-15-17-9-8-14-20(29-2)22(17)30-19-12-6-7-13-19;/h8-9,14,18-19H,3-7,10-13,15-16H2,1-2H3,(H,27,28)(H2,24,25,26);1H. The molecule has 8 heteroatoms. The second-order valence-electron chi connectivity index (χ2n) is 8.15. The molecule has 2 saturated carbocycles. The lowest BCUT2D eigenvalue weighted by molar-refractivity contribution is -0.120. The van der Waals surface area contributed by atoms with E-state index in [1.807, 2.05) is 18.2 Å². The molecule has 2 aliphatic rings. The van der Waals surface area contributed by atoms with Gasteiger partial charge in [-0.2, -0.15) is 0 Å². The Morgan fingerprint density at radius 3 is 2.45 bits per heavy atom. The van der Waals surface area contributed by atoms with Crippen molar-refractivity contribution < 1.29 is 14.3 Å². The maximum absolute atomic E-state index is 12.2. The topological polar surface area (TPSA) is 84.0 Å². The van der Waals surface area contributed by atoms with E-state index in [9.17, 15) is 4.79 Å². The number of aliphatic imine (C=N–C) groups is 1. The van der Waals surface area contributed by atoms with Gasteiger partial charge in [0.05, 0.1) is 19.8 Å². The number of carbonyl (C=O) groups is 1. The van der Waals surface area contributed by atoms with Crippen molar-refractivity contribution in [1.29, 1.82) is 0 Å². The number of rotatable bonds is 8. The summed E-state index contributed by atoms with van der Waals surface area (Å²) < 4.78 is 11.8. The Hall–Kier alpha value is -1.71. The Kier molecular flexibility index (Phi) is 11.2. The fourth-order valence-electron chi connectivity index (χ4n) is 4.26. The van der Waals surface area contributed by atoms with Gasteiger partial charge >= 0.3 is 0 Å². The minimum Gasteiger partial charge on any atom is -0.493 e. The molecule has 174 valence electrons. The molecule has 2 aliphatic carbocycles. The van der Waals surface area contributed by atoms with Gasteiger partial charge < -0.3 is 25.4 Å². The van der Waals surface area contributed by atoms with Gasteiger partial charge in [0, 0.05) is 25.2 Å².